The summed E-state index contributed by atoms with van der Waals surface area (Å²) in [5, 5.41) is 7.97. The molecule has 11 heteroatoms. The Labute approximate surface area is 242 Å². The molecule has 1 saturated heterocycles. The summed E-state index contributed by atoms with van der Waals surface area (Å²) < 4.78 is 20.8. The molecule has 0 unspecified atom stereocenters. The van der Waals surface area contributed by atoms with Crippen molar-refractivity contribution in [3.63, 3.8) is 0 Å². The summed E-state index contributed by atoms with van der Waals surface area (Å²) in [5.74, 6) is -1.44. The van der Waals surface area contributed by atoms with Crippen LogP contribution in [0, 0.1) is 17.7 Å². The van der Waals surface area contributed by atoms with Crippen molar-refractivity contribution in [3.05, 3.63) is 29.6 Å². The summed E-state index contributed by atoms with van der Waals surface area (Å²) in [7, 11) is 1.98. The standard InChI is InChI=1S/C30H46FN5O5/c1-19-7-9-21(10-8-19)26(32-18-37)27(38)33-24-12-11-22(17-23(24)31)20(2)25(34-29(40)41-30(3,4)5)28(39)36-15-13-35(6)14-16-36/h11-12,17-21,25-26H,7-10,13-16H2,1-6H3,(H,32,37)(H,33,38)(H,34,40)/t19?,20-,21?,25+,26-/m0/s1. The molecule has 10 nitrogen and oxygen atoms in total. The zero-order valence-electron chi connectivity index (χ0n) is 25.2. The van der Waals surface area contributed by atoms with Crippen molar-refractivity contribution in [2.75, 3.05) is 38.5 Å². The van der Waals surface area contributed by atoms with Crippen LogP contribution in [0.2, 0.25) is 0 Å². The number of anilines is 1. The minimum Gasteiger partial charge on any atom is -0.444 e. The molecular formula is C30H46FN5O5. The molecule has 4 amide bonds. The lowest BCUT2D eigenvalue weighted by molar-refractivity contribution is -0.135. The Hall–Kier alpha value is -3.21. The van der Waals surface area contributed by atoms with Gasteiger partial charge in [0.15, 0.2) is 0 Å². The Kier molecular flexibility index (Phi) is 11.1. The molecule has 228 valence electrons. The molecule has 1 aliphatic heterocycles. The van der Waals surface area contributed by atoms with Gasteiger partial charge in [-0.2, -0.15) is 0 Å². The SMILES string of the molecule is CC1CCC([C@H](NC=O)C(=O)Nc2ccc([C@H](C)[C@@H](NC(=O)OC(C)(C)C)C(=O)N3CCN(C)CC3)cc2F)CC1. The Morgan fingerprint density at radius 1 is 1.07 bits per heavy atom. The molecule has 1 aromatic carbocycles. The number of hydrogen-bond acceptors (Lipinski definition) is 6. The third kappa shape index (κ3) is 9.14. The van der Waals surface area contributed by atoms with Gasteiger partial charge in [0.2, 0.25) is 18.2 Å². The van der Waals surface area contributed by atoms with Crippen molar-refractivity contribution in [3.8, 4) is 0 Å². The highest BCUT2D eigenvalue weighted by Gasteiger charge is 2.35. The zero-order chi connectivity index (χ0) is 30.3. The summed E-state index contributed by atoms with van der Waals surface area (Å²) in [6.07, 6.45) is 3.35. The van der Waals surface area contributed by atoms with Crippen LogP contribution in [0.25, 0.3) is 0 Å². The summed E-state index contributed by atoms with van der Waals surface area (Å²) in [6, 6.07) is 2.62. The van der Waals surface area contributed by atoms with Crippen LogP contribution < -0.4 is 16.0 Å². The predicted molar refractivity (Wildman–Crippen MR) is 155 cm³/mol. The number of rotatable bonds is 9. The highest BCUT2D eigenvalue weighted by molar-refractivity contribution is 5.96. The van der Waals surface area contributed by atoms with Gasteiger partial charge in [0.25, 0.3) is 0 Å². The van der Waals surface area contributed by atoms with E-state index in [1.807, 2.05) is 7.05 Å². The quantitative estimate of drug-likeness (QED) is 0.388. The van der Waals surface area contributed by atoms with Gasteiger partial charge in [0.1, 0.15) is 23.5 Å². The normalized spacial score (nSPS) is 22.2. The van der Waals surface area contributed by atoms with E-state index < -0.39 is 41.4 Å². The molecule has 41 heavy (non-hydrogen) atoms. The lowest BCUT2D eigenvalue weighted by Gasteiger charge is -2.36. The number of amides is 4. The first-order valence-electron chi connectivity index (χ1n) is 14.6. The van der Waals surface area contributed by atoms with Crippen molar-refractivity contribution in [2.45, 2.75) is 83.9 Å². The second-order valence-electron chi connectivity index (χ2n) is 12.6. The minimum absolute atomic E-state index is 0.0148. The lowest BCUT2D eigenvalue weighted by Crippen LogP contribution is -2.56. The van der Waals surface area contributed by atoms with E-state index in [0.717, 1.165) is 25.7 Å². The van der Waals surface area contributed by atoms with Crippen LogP contribution in [0.3, 0.4) is 0 Å². The lowest BCUT2D eigenvalue weighted by atomic mass is 9.79. The van der Waals surface area contributed by atoms with E-state index in [-0.39, 0.29) is 17.5 Å². The average Bonchev–Trinajstić information content (AvgIpc) is 2.90. The predicted octanol–water partition coefficient (Wildman–Crippen LogP) is 3.48. The highest BCUT2D eigenvalue weighted by atomic mass is 19.1. The van der Waals surface area contributed by atoms with Crippen molar-refractivity contribution < 1.29 is 28.3 Å². The van der Waals surface area contributed by atoms with Crippen molar-refractivity contribution in [1.29, 1.82) is 0 Å². The highest BCUT2D eigenvalue weighted by Crippen LogP contribution is 2.31. The van der Waals surface area contributed by atoms with Gasteiger partial charge in [-0.25, -0.2) is 9.18 Å². The summed E-state index contributed by atoms with van der Waals surface area (Å²) in [6.45, 7) is 11.6. The molecule has 0 aromatic heterocycles. The van der Waals surface area contributed by atoms with E-state index in [4.69, 9.17) is 4.74 Å². The first-order valence-corrected chi connectivity index (χ1v) is 14.6. The van der Waals surface area contributed by atoms with E-state index in [1.54, 1.807) is 38.7 Å². The zero-order valence-corrected chi connectivity index (χ0v) is 25.2. The van der Waals surface area contributed by atoms with Crippen molar-refractivity contribution in [2.24, 2.45) is 11.8 Å². The largest absolute Gasteiger partial charge is 0.444 e. The maximum Gasteiger partial charge on any atom is 0.408 e. The molecule has 3 rings (SSSR count). The number of piperazine rings is 1. The number of carbonyl (C=O) groups excluding carboxylic acids is 4. The Morgan fingerprint density at radius 2 is 1.71 bits per heavy atom. The molecule has 1 aromatic rings. The molecule has 1 aliphatic carbocycles. The number of benzene rings is 1. The van der Waals surface area contributed by atoms with E-state index in [1.165, 1.54) is 12.1 Å². The summed E-state index contributed by atoms with van der Waals surface area (Å²) in [4.78, 5) is 54.4. The van der Waals surface area contributed by atoms with Gasteiger partial charge in [0, 0.05) is 32.1 Å². The fourth-order valence-corrected chi connectivity index (χ4v) is 5.50. The minimum atomic E-state index is -0.983. The molecule has 0 radical (unpaired) electrons. The van der Waals surface area contributed by atoms with Gasteiger partial charge in [-0.15, -0.1) is 0 Å². The van der Waals surface area contributed by atoms with Crippen LogP contribution in [-0.2, 0) is 19.1 Å². The van der Waals surface area contributed by atoms with E-state index in [9.17, 15) is 19.2 Å². The number of hydrogen-bond donors (Lipinski definition) is 3. The maximum atomic E-state index is 15.3. The van der Waals surface area contributed by atoms with Crippen LogP contribution in [0.4, 0.5) is 14.9 Å². The van der Waals surface area contributed by atoms with Crippen LogP contribution in [0.15, 0.2) is 18.2 Å². The van der Waals surface area contributed by atoms with Crippen molar-refractivity contribution >= 4 is 30.0 Å². The molecule has 1 saturated carbocycles. The smallest absolute Gasteiger partial charge is 0.408 e. The van der Waals surface area contributed by atoms with Gasteiger partial charge >= 0.3 is 6.09 Å². The average molecular weight is 576 g/mol. The number of ether oxygens (including phenoxy) is 1. The van der Waals surface area contributed by atoms with Crippen molar-refractivity contribution in [1.82, 2.24) is 20.4 Å². The van der Waals surface area contributed by atoms with Gasteiger partial charge < -0.3 is 30.5 Å². The van der Waals surface area contributed by atoms with Crippen LogP contribution in [0.1, 0.15) is 71.8 Å². The monoisotopic (exact) mass is 575 g/mol. The first-order chi connectivity index (χ1) is 19.3. The second kappa shape index (κ2) is 14.1. The molecule has 1 heterocycles. The summed E-state index contributed by atoms with van der Waals surface area (Å²) >= 11 is 0. The third-order valence-corrected chi connectivity index (χ3v) is 8.09. The van der Waals surface area contributed by atoms with Gasteiger partial charge in [-0.05, 0) is 70.2 Å². The fourth-order valence-electron chi connectivity index (χ4n) is 5.50. The van der Waals surface area contributed by atoms with Gasteiger partial charge in [-0.3, -0.25) is 14.4 Å². The topological polar surface area (TPSA) is 120 Å². The number of carbonyl (C=O) groups is 4. The maximum absolute atomic E-state index is 15.3. The van der Waals surface area contributed by atoms with Crippen LogP contribution in [-0.4, -0.2) is 85.0 Å². The van der Waals surface area contributed by atoms with E-state index in [2.05, 4.69) is 27.8 Å². The third-order valence-electron chi connectivity index (χ3n) is 8.09. The first kappa shape index (κ1) is 32.3. The Balaban J connectivity index is 1.77. The number of likely N-dealkylation sites (N-methyl/N-ethyl adjacent to an activating group) is 1. The molecule has 3 atom stereocenters. The molecule has 3 N–H and O–H groups in total. The number of nitrogens with zero attached hydrogens (tertiary/aromatic N) is 2. The van der Waals surface area contributed by atoms with Crippen LogP contribution in [0.5, 0.6) is 0 Å². The molecular weight excluding hydrogens is 529 g/mol. The fraction of sp³-hybridized carbons (Fsp3) is 0.667. The van der Waals surface area contributed by atoms with E-state index >= 15 is 4.39 Å². The van der Waals surface area contributed by atoms with Gasteiger partial charge in [0.05, 0.1) is 5.69 Å². The summed E-state index contributed by atoms with van der Waals surface area (Å²) in [5.41, 5.74) is -0.296. The molecule has 0 bridgehead atoms. The van der Waals surface area contributed by atoms with Gasteiger partial charge in [-0.1, -0.05) is 32.8 Å². The number of halogens is 1. The van der Waals surface area contributed by atoms with E-state index in [0.29, 0.717) is 44.1 Å². The Bertz CT molecular complexity index is 1080. The second-order valence-corrected chi connectivity index (χ2v) is 12.6. The molecule has 2 aliphatic rings. The number of nitrogens with one attached hydrogen (secondary N) is 3. The number of alkyl carbamates (subject to hydrolysis) is 1. The molecule has 2 fully saturated rings. The van der Waals surface area contributed by atoms with Crippen LogP contribution >= 0.6 is 0 Å². The Morgan fingerprint density at radius 3 is 2.27 bits per heavy atom. The molecule has 0 spiro atoms.